The number of aliphatic hydroxyl groups excluding tert-OH is 1. The second kappa shape index (κ2) is 5.66. The van der Waals surface area contributed by atoms with E-state index in [0.29, 0.717) is 12.6 Å². The van der Waals surface area contributed by atoms with E-state index in [4.69, 9.17) is 5.11 Å². The van der Waals surface area contributed by atoms with E-state index in [1.54, 1.807) is 0 Å². The van der Waals surface area contributed by atoms with Crippen LogP contribution in [0.5, 0.6) is 0 Å². The third-order valence-corrected chi connectivity index (χ3v) is 3.68. The van der Waals surface area contributed by atoms with Gasteiger partial charge in [0.15, 0.2) is 0 Å². The zero-order valence-electron chi connectivity index (χ0n) is 9.49. The van der Waals surface area contributed by atoms with Crippen LogP contribution in [0.1, 0.15) is 38.5 Å². The van der Waals surface area contributed by atoms with Crippen LogP contribution in [0.4, 0.5) is 0 Å². The Morgan fingerprint density at radius 3 is 2.73 bits per heavy atom. The fraction of sp³-hybridized carbons (Fsp3) is 0.846. The number of nitrogens with one attached hydrogen (secondary N) is 1. The first-order chi connectivity index (χ1) is 7.40. The Labute approximate surface area is 92.8 Å². The lowest BCUT2D eigenvalue weighted by Gasteiger charge is -2.23. The molecule has 2 N–H and O–H groups in total. The summed E-state index contributed by atoms with van der Waals surface area (Å²) in [5.74, 6) is 1.69. The molecule has 2 nitrogen and oxygen atoms in total. The summed E-state index contributed by atoms with van der Waals surface area (Å²) in [6, 6.07) is 0.584. The molecule has 0 aromatic carbocycles. The van der Waals surface area contributed by atoms with Crippen LogP contribution in [0.3, 0.4) is 0 Å². The van der Waals surface area contributed by atoms with Crippen molar-refractivity contribution in [3.8, 4) is 0 Å². The van der Waals surface area contributed by atoms with E-state index in [2.05, 4.69) is 17.5 Å². The zero-order valence-corrected chi connectivity index (χ0v) is 9.49. The van der Waals surface area contributed by atoms with Crippen molar-refractivity contribution in [3.05, 3.63) is 12.2 Å². The fourth-order valence-electron chi connectivity index (χ4n) is 2.50. The maximum atomic E-state index is 9.00. The van der Waals surface area contributed by atoms with E-state index in [-0.39, 0.29) is 0 Å². The molecule has 0 aromatic heterocycles. The monoisotopic (exact) mass is 209 g/mol. The summed E-state index contributed by atoms with van der Waals surface area (Å²) >= 11 is 0. The van der Waals surface area contributed by atoms with Crippen molar-refractivity contribution >= 4 is 0 Å². The normalized spacial score (nSPS) is 27.9. The zero-order chi connectivity index (χ0) is 10.5. The molecule has 0 spiro atoms. The van der Waals surface area contributed by atoms with Gasteiger partial charge in [-0.2, -0.15) is 0 Å². The van der Waals surface area contributed by atoms with Crippen molar-refractivity contribution in [3.63, 3.8) is 0 Å². The third kappa shape index (κ3) is 3.62. The molecule has 15 heavy (non-hydrogen) atoms. The molecule has 2 aliphatic rings. The fourth-order valence-corrected chi connectivity index (χ4v) is 2.50. The molecule has 2 unspecified atom stereocenters. The van der Waals surface area contributed by atoms with Gasteiger partial charge in [0.25, 0.3) is 0 Å². The molecule has 1 saturated carbocycles. The van der Waals surface area contributed by atoms with Crippen molar-refractivity contribution in [2.75, 3.05) is 13.2 Å². The number of hydrogen-bond donors (Lipinski definition) is 2. The average Bonchev–Trinajstić information content (AvgIpc) is 3.09. The maximum absolute atomic E-state index is 9.00. The van der Waals surface area contributed by atoms with Crippen molar-refractivity contribution in [1.29, 1.82) is 0 Å². The summed E-state index contributed by atoms with van der Waals surface area (Å²) in [5, 5.41) is 12.7. The Hall–Kier alpha value is -0.340. The van der Waals surface area contributed by atoms with Crippen LogP contribution < -0.4 is 5.32 Å². The Morgan fingerprint density at radius 2 is 2.13 bits per heavy atom. The van der Waals surface area contributed by atoms with E-state index in [1.807, 2.05) is 0 Å². The molecule has 86 valence electrons. The smallest absolute Gasteiger partial charge is 0.0445 e. The molecule has 0 aromatic rings. The predicted octanol–water partition coefficient (Wildman–Crippen LogP) is 2.09. The number of hydrogen-bond acceptors (Lipinski definition) is 2. The van der Waals surface area contributed by atoms with Gasteiger partial charge in [-0.25, -0.2) is 0 Å². The van der Waals surface area contributed by atoms with Gasteiger partial charge in [-0.1, -0.05) is 12.2 Å². The first kappa shape index (κ1) is 11.2. The van der Waals surface area contributed by atoms with E-state index < -0.39 is 0 Å². The van der Waals surface area contributed by atoms with Crippen molar-refractivity contribution in [1.82, 2.24) is 5.32 Å². The number of rotatable bonds is 6. The van der Waals surface area contributed by atoms with Crippen LogP contribution in [0, 0.1) is 11.8 Å². The molecule has 2 aliphatic carbocycles. The second-order valence-corrected chi connectivity index (χ2v) is 5.01. The van der Waals surface area contributed by atoms with Gasteiger partial charge in [0.05, 0.1) is 0 Å². The minimum atomic E-state index is 0.332. The molecule has 0 saturated heterocycles. The first-order valence-electron chi connectivity index (χ1n) is 6.39. The molecule has 0 aliphatic heterocycles. The highest BCUT2D eigenvalue weighted by Crippen LogP contribution is 2.34. The lowest BCUT2D eigenvalue weighted by atomic mass is 9.94. The van der Waals surface area contributed by atoms with Gasteiger partial charge in [-0.15, -0.1) is 0 Å². The Balaban J connectivity index is 1.67. The molecular formula is C13H23NO. The summed E-state index contributed by atoms with van der Waals surface area (Å²) in [5.41, 5.74) is 0. The summed E-state index contributed by atoms with van der Waals surface area (Å²) in [4.78, 5) is 0. The van der Waals surface area contributed by atoms with E-state index in [0.717, 1.165) is 24.8 Å². The van der Waals surface area contributed by atoms with Gasteiger partial charge in [-0.05, 0) is 56.9 Å². The minimum Gasteiger partial charge on any atom is -0.396 e. The molecule has 1 fully saturated rings. The maximum Gasteiger partial charge on any atom is 0.0445 e. The van der Waals surface area contributed by atoms with Gasteiger partial charge < -0.3 is 10.4 Å². The SMILES string of the molecule is OCCC(NCC1CC=CCC1)C1CC1. The Bertz CT molecular complexity index is 211. The minimum absolute atomic E-state index is 0.332. The molecular weight excluding hydrogens is 186 g/mol. The van der Waals surface area contributed by atoms with E-state index in [9.17, 15) is 0 Å². The lowest BCUT2D eigenvalue weighted by Crippen LogP contribution is -2.36. The molecule has 2 rings (SSSR count). The van der Waals surface area contributed by atoms with Crippen LogP contribution in [-0.4, -0.2) is 24.3 Å². The van der Waals surface area contributed by atoms with E-state index >= 15 is 0 Å². The van der Waals surface area contributed by atoms with Crippen LogP contribution in [0.2, 0.25) is 0 Å². The molecule has 0 radical (unpaired) electrons. The molecule has 0 amide bonds. The van der Waals surface area contributed by atoms with Gasteiger partial charge in [0, 0.05) is 12.6 Å². The van der Waals surface area contributed by atoms with Crippen molar-refractivity contribution < 1.29 is 5.11 Å². The molecule has 2 atom stereocenters. The Morgan fingerprint density at radius 1 is 1.27 bits per heavy atom. The van der Waals surface area contributed by atoms with E-state index in [1.165, 1.54) is 32.1 Å². The summed E-state index contributed by atoms with van der Waals surface area (Å²) in [6.45, 7) is 1.48. The van der Waals surface area contributed by atoms with Gasteiger partial charge in [0.1, 0.15) is 0 Å². The highest BCUT2D eigenvalue weighted by Gasteiger charge is 2.30. The molecule has 0 bridgehead atoms. The Kier molecular flexibility index (Phi) is 4.21. The van der Waals surface area contributed by atoms with Crippen LogP contribution in [-0.2, 0) is 0 Å². The lowest BCUT2D eigenvalue weighted by molar-refractivity contribution is 0.251. The first-order valence-corrected chi connectivity index (χ1v) is 6.39. The topological polar surface area (TPSA) is 32.3 Å². The quantitative estimate of drug-likeness (QED) is 0.657. The summed E-state index contributed by atoms with van der Waals surface area (Å²) in [7, 11) is 0. The number of aliphatic hydroxyl groups is 1. The second-order valence-electron chi connectivity index (χ2n) is 5.01. The third-order valence-electron chi connectivity index (χ3n) is 3.68. The van der Waals surface area contributed by atoms with Crippen LogP contribution >= 0.6 is 0 Å². The largest absolute Gasteiger partial charge is 0.396 e. The summed E-state index contributed by atoms with van der Waals surface area (Å²) in [6.07, 6.45) is 12.1. The van der Waals surface area contributed by atoms with Gasteiger partial charge in [-0.3, -0.25) is 0 Å². The summed E-state index contributed by atoms with van der Waals surface area (Å²) < 4.78 is 0. The molecule has 0 heterocycles. The standard InChI is InChI=1S/C13H23NO/c15-9-8-13(12-6-7-12)14-10-11-4-2-1-3-5-11/h1-2,11-15H,3-10H2. The van der Waals surface area contributed by atoms with Crippen molar-refractivity contribution in [2.24, 2.45) is 11.8 Å². The van der Waals surface area contributed by atoms with Crippen molar-refractivity contribution in [2.45, 2.75) is 44.6 Å². The van der Waals surface area contributed by atoms with Gasteiger partial charge >= 0.3 is 0 Å². The molecule has 2 heteroatoms. The van der Waals surface area contributed by atoms with Crippen LogP contribution in [0.15, 0.2) is 12.2 Å². The van der Waals surface area contributed by atoms with Crippen LogP contribution in [0.25, 0.3) is 0 Å². The predicted molar refractivity (Wildman–Crippen MR) is 62.7 cm³/mol. The van der Waals surface area contributed by atoms with Gasteiger partial charge in [0.2, 0.25) is 0 Å². The number of allylic oxidation sites excluding steroid dienone is 2. The highest BCUT2D eigenvalue weighted by molar-refractivity contribution is 4.92. The average molecular weight is 209 g/mol. The highest BCUT2D eigenvalue weighted by atomic mass is 16.3.